The highest BCUT2D eigenvalue weighted by molar-refractivity contribution is 6.23. The standard InChI is InChI=1S/C36H42N2O7/c1-7-42-28-14-13-24(18-29(28)43-8-2)17-27-26-20-31(45-10-4)30(44-9-3)19-25(26)15-16-37(27)32(39)21-38-35(40)33-22(5)11-12-23(6)34(33)36(38)41/h11-14,18-20,27H,7-10,15-17,21H2,1-6H3. The number of hydrogen-bond donors (Lipinski definition) is 0. The SMILES string of the molecule is CCOc1ccc(CC2c3cc(OCC)c(OCC)cc3CCN2C(=O)CN2C(=O)c3c(C)ccc(C)c3C2=O)cc1OCC. The predicted octanol–water partition coefficient (Wildman–Crippen LogP) is 5.86. The summed E-state index contributed by atoms with van der Waals surface area (Å²) in [6.07, 6.45) is 1.07. The second kappa shape index (κ2) is 13.6. The van der Waals surface area contributed by atoms with Crippen LogP contribution in [-0.2, 0) is 17.6 Å². The third-order valence-electron chi connectivity index (χ3n) is 8.35. The molecule has 238 valence electrons. The molecule has 9 nitrogen and oxygen atoms in total. The largest absolute Gasteiger partial charge is 0.490 e. The monoisotopic (exact) mass is 614 g/mol. The van der Waals surface area contributed by atoms with Crippen LogP contribution in [0, 0.1) is 13.8 Å². The van der Waals surface area contributed by atoms with Gasteiger partial charge in [-0.25, -0.2) is 0 Å². The van der Waals surface area contributed by atoms with Crippen molar-refractivity contribution in [2.75, 3.05) is 39.5 Å². The molecule has 3 aromatic carbocycles. The van der Waals surface area contributed by atoms with Crippen molar-refractivity contribution < 1.29 is 33.3 Å². The Morgan fingerprint density at radius 1 is 0.733 bits per heavy atom. The van der Waals surface area contributed by atoms with Crippen molar-refractivity contribution in [1.82, 2.24) is 9.80 Å². The van der Waals surface area contributed by atoms with Crippen LogP contribution in [0.3, 0.4) is 0 Å². The first-order valence-electron chi connectivity index (χ1n) is 15.8. The van der Waals surface area contributed by atoms with Crippen LogP contribution in [-0.4, -0.2) is 67.0 Å². The molecule has 9 heteroatoms. The second-order valence-electron chi connectivity index (χ2n) is 11.2. The van der Waals surface area contributed by atoms with Crippen LogP contribution in [0.2, 0.25) is 0 Å². The summed E-state index contributed by atoms with van der Waals surface area (Å²) in [6, 6.07) is 13.1. The number of fused-ring (bicyclic) bond motifs is 2. The van der Waals surface area contributed by atoms with Gasteiger partial charge in [-0.3, -0.25) is 19.3 Å². The molecule has 0 spiro atoms. The summed E-state index contributed by atoms with van der Waals surface area (Å²) in [7, 11) is 0. The molecule has 3 aromatic rings. The maximum Gasteiger partial charge on any atom is 0.262 e. The summed E-state index contributed by atoms with van der Waals surface area (Å²) in [5.41, 5.74) is 5.19. The van der Waals surface area contributed by atoms with Crippen molar-refractivity contribution in [2.24, 2.45) is 0 Å². The lowest BCUT2D eigenvalue weighted by molar-refractivity contribution is -0.134. The van der Waals surface area contributed by atoms with Gasteiger partial charge in [-0.15, -0.1) is 0 Å². The van der Waals surface area contributed by atoms with E-state index in [-0.39, 0.29) is 18.5 Å². The predicted molar refractivity (Wildman–Crippen MR) is 171 cm³/mol. The number of ether oxygens (including phenoxy) is 4. The van der Waals surface area contributed by atoms with E-state index in [1.54, 1.807) is 4.90 Å². The molecule has 1 unspecified atom stereocenters. The molecule has 0 saturated heterocycles. The summed E-state index contributed by atoms with van der Waals surface area (Å²) in [6.45, 7) is 13.4. The molecule has 0 bridgehead atoms. The van der Waals surface area contributed by atoms with Crippen LogP contribution >= 0.6 is 0 Å². The van der Waals surface area contributed by atoms with E-state index in [0.717, 1.165) is 32.7 Å². The Kier molecular flexibility index (Phi) is 9.65. The van der Waals surface area contributed by atoms with Crippen molar-refractivity contribution in [3.8, 4) is 23.0 Å². The van der Waals surface area contributed by atoms with E-state index in [4.69, 9.17) is 18.9 Å². The Bertz CT molecular complexity index is 1570. The number of rotatable bonds is 12. The quantitative estimate of drug-likeness (QED) is 0.236. The number of carbonyl (C=O) groups excluding carboxylic acids is 3. The average molecular weight is 615 g/mol. The summed E-state index contributed by atoms with van der Waals surface area (Å²) in [5.74, 6) is 1.45. The number of hydrogen-bond acceptors (Lipinski definition) is 7. The molecule has 0 aromatic heterocycles. The first kappa shape index (κ1) is 31.9. The molecule has 5 rings (SSSR count). The van der Waals surface area contributed by atoms with Crippen molar-refractivity contribution in [1.29, 1.82) is 0 Å². The van der Waals surface area contributed by atoms with Gasteiger partial charge in [0.1, 0.15) is 6.54 Å². The number of benzene rings is 3. The summed E-state index contributed by atoms with van der Waals surface area (Å²) < 4.78 is 23.6. The van der Waals surface area contributed by atoms with Gasteiger partial charge < -0.3 is 23.8 Å². The minimum Gasteiger partial charge on any atom is -0.490 e. The number of nitrogens with zero attached hydrogens (tertiary/aromatic N) is 2. The smallest absolute Gasteiger partial charge is 0.262 e. The molecule has 45 heavy (non-hydrogen) atoms. The van der Waals surface area contributed by atoms with E-state index < -0.39 is 11.8 Å². The van der Waals surface area contributed by atoms with Crippen LogP contribution in [0.15, 0.2) is 42.5 Å². The molecule has 2 aliphatic rings. The van der Waals surface area contributed by atoms with Gasteiger partial charge in [0.15, 0.2) is 23.0 Å². The first-order chi connectivity index (χ1) is 21.7. The topological polar surface area (TPSA) is 94.6 Å². The maximum atomic E-state index is 14.1. The van der Waals surface area contributed by atoms with Crippen LogP contribution in [0.5, 0.6) is 23.0 Å². The lowest BCUT2D eigenvalue weighted by Gasteiger charge is -2.38. The van der Waals surface area contributed by atoms with Crippen LogP contribution in [0.4, 0.5) is 0 Å². The molecule has 0 radical (unpaired) electrons. The van der Waals surface area contributed by atoms with E-state index in [2.05, 4.69) is 0 Å². The zero-order valence-corrected chi connectivity index (χ0v) is 27.0. The van der Waals surface area contributed by atoms with Crippen molar-refractivity contribution in [3.05, 3.63) is 81.4 Å². The lowest BCUT2D eigenvalue weighted by atomic mass is 9.88. The van der Waals surface area contributed by atoms with Gasteiger partial charge in [-0.05, 0) is 106 Å². The van der Waals surface area contributed by atoms with E-state index >= 15 is 0 Å². The van der Waals surface area contributed by atoms with Crippen LogP contribution in [0.1, 0.15) is 82.3 Å². The van der Waals surface area contributed by atoms with E-state index in [9.17, 15) is 14.4 Å². The molecule has 0 aliphatic carbocycles. The molecule has 0 fully saturated rings. The van der Waals surface area contributed by atoms with Crippen molar-refractivity contribution in [3.63, 3.8) is 0 Å². The zero-order chi connectivity index (χ0) is 32.2. The van der Waals surface area contributed by atoms with Gasteiger partial charge in [0, 0.05) is 6.54 Å². The van der Waals surface area contributed by atoms with Crippen molar-refractivity contribution in [2.45, 2.75) is 60.4 Å². The summed E-state index contributed by atoms with van der Waals surface area (Å²) in [4.78, 5) is 43.9. The average Bonchev–Trinajstić information content (AvgIpc) is 3.27. The van der Waals surface area contributed by atoms with E-state index in [1.807, 2.05) is 84.0 Å². The van der Waals surface area contributed by atoms with Crippen LogP contribution < -0.4 is 18.9 Å². The fourth-order valence-corrected chi connectivity index (χ4v) is 6.30. The van der Waals surface area contributed by atoms with E-state index in [1.165, 1.54) is 0 Å². The van der Waals surface area contributed by atoms with Gasteiger partial charge >= 0.3 is 0 Å². The molecule has 2 aliphatic heterocycles. The molecule has 0 N–H and O–H groups in total. The molecule has 0 saturated carbocycles. The zero-order valence-electron chi connectivity index (χ0n) is 27.0. The van der Waals surface area contributed by atoms with E-state index in [0.29, 0.717) is 79.9 Å². The van der Waals surface area contributed by atoms with Gasteiger partial charge in [0.25, 0.3) is 11.8 Å². The minimum absolute atomic E-state index is 0.293. The Balaban J connectivity index is 1.52. The highest BCUT2D eigenvalue weighted by Crippen LogP contribution is 2.41. The molecule has 1 atom stereocenters. The Morgan fingerprint density at radius 2 is 1.27 bits per heavy atom. The minimum atomic E-state index is -0.425. The Labute approximate surface area is 265 Å². The summed E-state index contributed by atoms with van der Waals surface area (Å²) >= 11 is 0. The van der Waals surface area contributed by atoms with Crippen LogP contribution in [0.25, 0.3) is 0 Å². The summed E-state index contributed by atoms with van der Waals surface area (Å²) in [5, 5.41) is 0. The fourth-order valence-electron chi connectivity index (χ4n) is 6.30. The molecule has 2 heterocycles. The maximum absolute atomic E-state index is 14.1. The number of aryl methyl sites for hydroxylation is 2. The highest BCUT2D eigenvalue weighted by atomic mass is 16.5. The van der Waals surface area contributed by atoms with Gasteiger partial charge in [0.2, 0.25) is 5.91 Å². The number of amides is 3. The van der Waals surface area contributed by atoms with Crippen molar-refractivity contribution >= 4 is 17.7 Å². The van der Waals surface area contributed by atoms with Gasteiger partial charge in [-0.1, -0.05) is 18.2 Å². The molecular weight excluding hydrogens is 572 g/mol. The molecular formula is C36H42N2O7. The normalized spacial score (nSPS) is 15.6. The third-order valence-corrected chi connectivity index (χ3v) is 8.35. The Hall–Kier alpha value is -4.53. The number of imide groups is 1. The highest BCUT2D eigenvalue weighted by Gasteiger charge is 2.41. The Morgan fingerprint density at radius 3 is 1.84 bits per heavy atom. The van der Waals surface area contributed by atoms with Gasteiger partial charge in [-0.2, -0.15) is 0 Å². The van der Waals surface area contributed by atoms with Gasteiger partial charge in [0.05, 0.1) is 43.6 Å². The number of carbonyl (C=O) groups is 3. The molecule has 3 amide bonds. The third kappa shape index (κ3) is 6.21. The second-order valence-corrected chi connectivity index (χ2v) is 11.2. The first-order valence-corrected chi connectivity index (χ1v) is 15.8. The lowest BCUT2D eigenvalue weighted by Crippen LogP contribution is -2.47. The fraction of sp³-hybridized carbons (Fsp3) is 0.417.